The number of carbonyl (C=O) groups excluding carboxylic acids is 1. The number of benzene rings is 2. The predicted octanol–water partition coefficient (Wildman–Crippen LogP) is 5.35. The molecule has 0 aliphatic carbocycles. The third kappa shape index (κ3) is 6.45. The van der Waals surface area contributed by atoms with Crippen molar-refractivity contribution in [3.8, 4) is 0 Å². The maximum Gasteiger partial charge on any atom is 0.416 e. The molecule has 2 amide bonds. The Hall–Kier alpha value is -3.10. The first kappa shape index (κ1) is 23.6. The highest BCUT2D eigenvalue weighted by molar-refractivity contribution is 6.01. The molecular formula is C23H25F4N3O2. The van der Waals surface area contributed by atoms with E-state index < -0.39 is 35.2 Å². The molecule has 1 N–H and O–H groups in total. The molecule has 0 saturated carbocycles. The molecule has 0 unspecified atom stereocenters. The minimum Gasteiger partial charge on any atom is -0.390 e. The van der Waals surface area contributed by atoms with Gasteiger partial charge in [0.15, 0.2) is 6.10 Å². The zero-order valence-corrected chi connectivity index (χ0v) is 18.0. The Bertz CT molecular complexity index is 999. The maximum absolute atomic E-state index is 13.5. The van der Waals surface area contributed by atoms with Crippen molar-refractivity contribution < 1.29 is 27.2 Å². The van der Waals surface area contributed by atoms with Crippen LogP contribution in [0.4, 0.5) is 22.4 Å². The van der Waals surface area contributed by atoms with Gasteiger partial charge in [0.2, 0.25) is 0 Å². The maximum atomic E-state index is 13.5. The van der Waals surface area contributed by atoms with Gasteiger partial charge in [-0.3, -0.25) is 0 Å². The lowest BCUT2D eigenvalue weighted by molar-refractivity contribution is -0.137. The minimum absolute atomic E-state index is 0.0407. The number of oxime groups is 1. The summed E-state index contributed by atoms with van der Waals surface area (Å²) in [6, 6.07) is 10.4. The van der Waals surface area contributed by atoms with Crippen LogP contribution >= 0.6 is 0 Å². The van der Waals surface area contributed by atoms with Gasteiger partial charge in [-0.05, 0) is 50.6 Å². The average molecular weight is 451 g/mol. The Morgan fingerprint density at radius 3 is 2.53 bits per heavy atom. The molecule has 0 aromatic heterocycles. The van der Waals surface area contributed by atoms with Gasteiger partial charge in [-0.25, -0.2) is 9.18 Å². The third-order valence-electron chi connectivity index (χ3n) is 4.71. The van der Waals surface area contributed by atoms with Crippen LogP contribution in [0.1, 0.15) is 43.9 Å². The molecule has 0 radical (unpaired) electrons. The highest BCUT2D eigenvalue weighted by Gasteiger charge is 2.32. The molecule has 1 heterocycles. The highest BCUT2D eigenvalue weighted by Crippen LogP contribution is 2.30. The Balaban J connectivity index is 1.75. The summed E-state index contributed by atoms with van der Waals surface area (Å²) in [7, 11) is 0. The molecule has 172 valence electrons. The molecule has 0 saturated heterocycles. The van der Waals surface area contributed by atoms with Crippen LogP contribution in [0.25, 0.3) is 0 Å². The fourth-order valence-electron chi connectivity index (χ4n) is 3.30. The van der Waals surface area contributed by atoms with Crippen LogP contribution < -0.4 is 5.32 Å². The molecule has 1 atom stereocenters. The Morgan fingerprint density at radius 1 is 1.16 bits per heavy atom. The van der Waals surface area contributed by atoms with Crippen LogP contribution in [0, 0.1) is 5.82 Å². The van der Waals surface area contributed by atoms with Crippen LogP contribution in [0.3, 0.4) is 0 Å². The summed E-state index contributed by atoms with van der Waals surface area (Å²) in [6.45, 7) is 5.49. The van der Waals surface area contributed by atoms with Crippen molar-refractivity contribution >= 4 is 11.7 Å². The van der Waals surface area contributed by atoms with Crippen LogP contribution in [0.2, 0.25) is 0 Å². The number of hydrogen-bond acceptors (Lipinski definition) is 3. The Morgan fingerprint density at radius 2 is 1.88 bits per heavy atom. The predicted molar refractivity (Wildman–Crippen MR) is 113 cm³/mol. The summed E-state index contributed by atoms with van der Waals surface area (Å²) >= 11 is 0. The normalized spacial score (nSPS) is 16.3. The van der Waals surface area contributed by atoms with Gasteiger partial charge < -0.3 is 15.1 Å². The summed E-state index contributed by atoms with van der Waals surface area (Å²) in [5.41, 5.74) is 0.150. The van der Waals surface area contributed by atoms with Crippen LogP contribution in [0.15, 0.2) is 53.7 Å². The molecule has 3 rings (SSSR count). The van der Waals surface area contributed by atoms with E-state index in [-0.39, 0.29) is 13.1 Å². The van der Waals surface area contributed by atoms with E-state index in [4.69, 9.17) is 4.84 Å². The number of carbonyl (C=O) groups is 1. The molecule has 0 spiro atoms. The van der Waals surface area contributed by atoms with Crippen molar-refractivity contribution in [3.63, 3.8) is 0 Å². The lowest BCUT2D eigenvalue weighted by Gasteiger charge is -2.30. The van der Waals surface area contributed by atoms with Crippen molar-refractivity contribution in [1.29, 1.82) is 0 Å². The zero-order valence-electron chi connectivity index (χ0n) is 18.0. The summed E-state index contributed by atoms with van der Waals surface area (Å²) in [6.07, 6.45) is -4.65. The topological polar surface area (TPSA) is 53.9 Å². The second-order valence-corrected chi connectivity index (χ2v) is 8.74. The fourth-order valence-corrected chi connectivity index (χ4v) is 3.30. The van der Waals surface area contributed by atoms with Gasteiger partial charge in [0.1, 0.15) is 5.82 Å². The second kappa shape index (κ2) is 9.18. The van der Waals surface area contributed by atoms with E-state index >= 15 is 0 Å². The standard InChI is InChI=1S/C23H25F4N3O2/c1-22(2,3)28-21(31)30(13-15-6-4-8-17(10-15)23(25,26)27)14-19-12-20(29-32-19)16-7-5-9-18(24)11-16/h4-11,19H,12-14H2,1-3H3,(H,28,31)/t19-/m0/s1. The van der Waals surface area contributed by atoms with Gasteiger partial charge in [0.25, 0.3) is 0 Å². The zero-order chi connectivity index (χ0) is 23.5. The number of hydrogen-bond donors (Lipinski definition) is 1. The van der Waals surface area contributed by atoms with E-state index in [0.717, 1.165) is 12.1 Å². The second-order valence-electron chi connectivity index (χ2n) is 8.74. The van der Waals surface area contributed by atoms with Gasteiger partial charge in [-0.2, -0.15) is 13.2 Å². The van der Waals surface area contributed by atoms with Crippen molar-refractivity contribution in [3.05, 3.63) is 71.0 Å². The molecule has 9 heteroatoms. The van der Waals surface area contributed by atoms with E-state index in [2.05, 4.69) is 10.5 Å². The number of nitrogens with one attached hydrogen (secondary N) is 1. The molecule has 2 aromatic carbocycles. The number of halogens is 4. The van der Waals surface area contributed by atoms with E-state index in [9.17, 15) is 22.4 Å². The number of rotatable bonds is 5. The molecule has 0 fully saturated rings. The monoisotopic (exact) mass is 451 g/mol. The number of amides is 2. The smallest absolute Gasteiger partial charge is 0.390 e. The third-order valence-corrected chi connectivity index (χ3v) is 4.71. The van der Waals surface area contributed by atoms with E-state index in [0.29, 0.717) is 23.3 Å². The van der Waals surface area contributed by atoms with Gasteiger partial charge in [0.05, 0.1) is 17.8 Å². The first-order valence-corrected chi connectivity index (χ1v) is 10.1. The van der Waals surface area contributed by atoms with E-state index in [1.165, 1.54) is 29.2 Å². The number of alkyl halides is 3. The minimum atomic E-state index is -4.48. The van der Waals surface area contributed by atoms with Gasteiger partial charge in [-0.1, -0.05) is 29.4 Å². The van der Waals surface area contributed by atoms with Gasteiger partial charge in [0, 0.05) is 24.1 Å². The summed E-state index contributed by atoms with van der Waals surface area (Å²) in [4.78, 5) is 19.7. The summed E-state index contributed by atoms with van der Waals surface area (Å²) in [5, 5.41) is 6.84. The van der Waals surface area contributed by atoms with Gasteiger partial charge in [-0.15, -0.1) is 0 Å². The largest absolute Gasteiger partial charge is 0.416 e. The highest BCUT2D eigenvalue weighted by atomic mass is 19.4. The van der Waals surface area contributed by atoms with Crippen LogP contribution in [-0.2, 0) is 17.6 Å². The molecule has 32 heavy (non-hydrogen) atoms. The van der Waals surface area contributed by atoms with E-state index in [1.54, 1.807) is 12.1 Å². The number of nitrogens with zero attached hydrogens (tertiary/aromatic N) is 2. The quantitative estimate of drug-likeness (QED) is 0.624. The van der Waals surface area contributed by atoms with E-state index in [1.807, 2.05) is 20.8 Å². The number of urea groups is 1. The Kier molecular flexibility index (Phi) is 6.76. The average Bonchev–Trinajstić information content (AvgIpc) is 3.14. The van der Waals surface area contributed by atoms with Gasteiger partial charge >= 0.3 is 12.2 Å². The molecule has 5 nitrogen and oxygen atoms in total. The fraction of sp³-hybridized carbons (Fsp3) is 0.391. The van der Waals surface area contributed by atoms with Crippen molar-refractivity contribution in [2.75, 3.05) is 6.54 Å². The molecule has 1 aliphatic heterocycles. The van der Waals surface area contributed by atoms with Crippen LogP contribution in [-0.4, -0.2) is 34.8 Å². The lowest BCUT2D eigenvalue weighted by atomic mass is 10.0. The molecule has 1 aliphatic rings. The molecule has 0 bridgehead atoms. The van der Waals surface area contributed by atoms with Crippen molar-refractivity contribution in [2.24, 2.45) is 5.16 Å². The summed E-state index contributed by atoms with van der Waals surface area (Å²) in [5.74, 6) is -0.399. The molecule has 2 aromatic rings. The first-order valence-electron chi connectivity index (χ1n) is 10.1. The lowest BCUT2D eigenvalue weighted by Crippen LogP contribution is -2.50. The van der Waals surface area contributed by atoms with Crippen molar-refractivity contribution in [1.82, 2.24) is 10.2 Å². The van der Waals surface area contributed by atoms with Crippen LogP contribution in [0.5, 0.6) is 0 Å². The SMILES string of the molecule is CC(C)(C)NC(=O)N(Cc1cccc(C(F)(F)F)c1)C[C@@H]1CC(c2cccc(F)c2)=NO1. The Labute approximate surface area is 184 Å². The van der Waals surface area contributed by atoms with Crippen molar-refractivity contribution in [2.45, 2.75) is 51.6 Å². The first-order chi connectivity index (χ1) is 14.9. The molecular weight excluding hydrogens is 426 g/mol. The summed E-state index contributed by atoms with van der Waals surface area (Å²) < 4.78 is 52.8.